The van der Waals surface area contributed by atoms with Gasteiger partial charge in [0, 0.05) is 68.1 Å². The summed E-state index contributed by atoms with van der Waals surface area (Å²) in [7, 11) is 3.65. The highest BCUT2D eigenvalue weighted by molar-refractivity contribution is 6.07. The molecule has 4 aliphatic rings. The molecule has 2 fully saturated rings. The van der Waals surface area contributed by atoms with E-state index < -0.39 is 82.5 Å². The van der Waals surface area contributed by atoms with Crippen LogP contribution in [-0.2, 0) is 36.9 Å². The highest BCUT2D eigenvalue weighted by Gasteiger charge is 2.68. The van der Waals surface area contributed by atoms with E-state index in [1.54, 1.807) is 34.8 Å². The first-order valence-corrected chi connectivity index (χ1v) is 20.2. The Bertz CT molecular complexity index is 2580. The number of carbonyl (C=O) groups excluding carboxylic acids is 2. The summed E-state index contributed by atoms with van der Waals surface area (Å²) in [5.74, 6) is -3.43. The lowest BCUT2D eigenvalue weighted by molar-refractivity contribution is -0.142. The number of aliphatic hydroxyl groups is 1. The molecule has 4 aromatic rings. The van der Waals surface area contributed by atoms with Crippen LogP contribution in [0, 0.1) is 35.3 Å². The SMILES string of the molecule is CC1CC(C#CC(C)(C)O)=NC([C@H](Cc2cc(F)cc(F)c2)NC(=O)Cn2nc(C(F)(F)F)c3c2C(F)(F)[C@@H]2C[C@H]32)=C1c1cccc2c(NC(=O)N3CCN(C)CC3)nn(C)c12. The fourth-order valence-electron chi connectivity index (χ4n) is 8.85. The number of piperazine rings is 1. The van der Waals surface area contributed by atoms with E-state index in [2.05, 4.69) is 37.6 Å². The quantitative estimate of drug-likeness (QED) is 0.138. The third kappa shape index (κ3) is 8.29. The zero-order chi connectivity index (χ0) is 44.6. The van der Waals surface area contributed by atoms with E-state index in [0.717, 1.165) is 12.1 Å². The first-order chi connectivity index (χ1) is 29.1. The van der Waals surface area contributed by atoms with Gasteiger partial charge in [-0.3, -0.25) is 19.5 Å². The molecule has 2 aromatic carbocycles. The zero-order valence-corrected chi connectivity index (χ0v) is 34.5. The number of nitrogens with zero attached hydrogens (tertiary/aromatic N) is 7. The van der Waals surface area contributed by atoms with Gasteiger partial charge >= 0.3 is 12.2 Å². The third-order valence-electron chi connectivity index (χ3n) is 11.7. The Kier molecular flexibility index (Phi) is 10.8. The molecule has 0 spiro atoms. The van der Waals surface area contributed by atoms with E-state index >= 15 is 8.78 Å². The summed E-state index contributed by atoms with van der Waals surface area (Å²) >= 11 is 0. The summed E-state index contributed by atoms with van der Waals surface area (Å²) in [5, 5.41) is 24.8. The fourth-order valence-corrected chi connectivity index (χ4v) is 8.85. The largest absolute Gasteiger partial charge is 0.435 e. The average Bonchev–Trinajstić information content (AvgIpc) is 3.71. The highest BCUT2D eigenvalue weighted by Crippen LogP contribution is 2.68. The average molecular weight is 868 g/mol. The van der Waals surface area contributed by atoms with Crippen LogP contribution >= 0.6 is 0 Å². The molecular weight excluding hydrogens is 824 g/mol. The summed E-state index contributed by atoms with van der Waals surface area (Å²) in [6, 6.07) is 6.43. The summed E-state index contributed by atoms with van der Waals surface area (Å²) < 4.78 is 105. The van der Waals surface area contributed by atoms with Gasteiger partial charge in [0.05, 0.1) is 23.0 Å². The molecule has 8 rings (SSSR count). The van der Waals surface area contributed by atoms with Gasteiger partial charge in [0.2, 0.25) is 5.91 Å². The van der Waals surface area contributed by atoms with Gasteiger partial charge in [0.25, 0.3) is 5.92 Å². The number of hydrogen-bond acceptors (Lipinski definition) is 7. The molecule has 2 aromatic heterocycles. The third-order valence-corrected chi connectivity index (χ3v) is 11.7. The number of amides is 3. The van der Waals surface area contributed by atoms with Crippen LogP contribution < -0.4 is 10.6 Å². The maximum Gasteiger partial charge on any atom is 0.435 e. The second-order valence-corrected chi connectivity index (χ2v) is 17.1. The summed E-state index contributed by atoms with van der Waals surface area (Å²) in [5.41, 5.74) is -2.35. The van der Waals surface area contributed by atoms with Gasteiger partial charge in [0.1, 0.15) is 29.5 Å². The summed E-state index contributed by atoms with van der Waals surface area (Å²) in [4.78, 5) is 36.2. The van der Waals surface area contributed by atoms with Gasteiger partial charge < -0.3 is 20.2 Å². The van der Waals surface area contributed by atoms with Crippen molar-refractivity contribution in [2.24, 2.45) is 23.9 Å². The van der Waals surface area contributed by atoms with Crippen LogP contribution in [0.1, 0.15) is 67.6 Å². The van der Waals surface area contributed by atoms with Crippen LogP contribution in [0.3, 0.4) is 0 Å². The lowest BCUT2D eigenvalue weighted by Gasteiger charge is -2.32. The molecule has 62 heavy (non-hydrogen) atoms. The predicted octanol–water partition coefficient (Wildman–Crippen LogP) is 6.45. The van der Waals surface area contributed by atoms with Crippen LogP contribution in [0.15, 0.2) is 47.1 Å². The summed E-state index contributed by atoms with van der Waals surface area (Å²) in [6.45, 7) is 6.20. The van der Waals surface area contributed by atoms with Crippen molar-refractivity contribution in [1.29, 1.82) is 0 Å². The molecule has 328 valence electrons. The molecule has 0 bridgehead atoms. The van der Waals surface area contributed by atoms with Gasteiger partial charge in [-0.25, -0.2) is 18.6 Å². The number of likely N-dealkylation sites (N-methyl/N-ethyl adjacent to an activating group) is 1. The number of aryl methyl sites for hydroxylation is 1. The number of urea groups is 1. The van der Waals surface area contributed by atoms with Crippen LogP contribution in [0.2, 0.25) is 0 Å². The minimum atomic E-state index is -5.06. The monoisotopic (exact) mass is 867 g/mol. The lowest BCUT2D eigenvalue weighted by atomic mass is 9.82. The van der Waals surface area contributed by atoms with E-state index in [1.807, 2.05) is 14.0 Å². The van der Waals surface area contributed by atoms with Gasteiger partial charge in [-0.05, 0) is 80.8 Å². The van der Waals surface area contributed by atoms with Crippen molar-refractivity contribution < 1.29 is 45.4 Å². The van der Waals surface area contributed by atoms with Crippen LogP contribution in [0.4, 0.5) is 41.3 Å². The van der Waals surface area contributed by atoms with Gasteiger partial charge in [-0.15, -0.1) is 0 Å². The number of halogens is 7. The Labute approximate surface area is 351 Å². The molecule has 3 N–H and O–H groups in total. The number of para-hydroxylation sites is 1. The molecular formula is C43H44F7N9O3. The van der Waals surface area contributed by atoms with E-state index in [9.17, 15) is 36.6 Å². The van der Waals surface area contributed by atoms with Gasteiger partial charge in [0.15, 0.2) is 11.5 Å². The number of benzene rings is 2. The van der Waals surface area contributed by atoms with Crippen molar-refractivity contribution in [3.05, 3.63) is 81.8 Å². The molecule has 0 radical (unpaired) electrons. The second-order valence-electron chi connectivity index (χ2n) is 17.1. The van der Waals surface area contributed by atoms with Crippen molar-refractivity contribution in [2.45, 2.75) is 76.2 Å². The molecule has 1 saturated carbocycles. The minimum absolute atomic E-state index is 0.0656. The lowest BCUT2D eigenvalue weighted by Crippen LogP contribution is -2.48. The van der Waals surface area contributed by atoms with Gasteiger partial charge in [-0.2, -0.15) is 32.1 Å². The van der Waals surface area contributed by atoms with E-state index in [4.69, 9.17) is 4.99 Å². The maximum absolute atomic E-state index is 15.5. The van der Waals surface area contributed by atoms with E-state index in [0.29, 0.717) is 59.0 Å². The highest BCUT2D eigenvalue weighted by atomic mass is 19.4. The Morgan fingerprint density at radius 2 is 1.73 bits per heavy atom. The number of alkyl halides is 5. The first-order valence-electron chi connectivity index (χ1n) is 20.2. The zero-order valence-electron chi connectivity index (χ0n) is 34.5. The van der Waals surface area contributed by atoms with E-state index in [1.165, 1.54) is 13.8 Å². The second kappa shape index (κ2) is 15.6. The van der Waals surface area contributed by atoms with Crippen molar-refractivity contribution in [3.63, 3.8) is 0 Å². The Morgan fingerprint density at radius 3 is 2.39 bits per heavy atom. The predicted molar refractivity (Wildman–Crippen MR) is 215 cm³/mol. The molecule has 4 heterocycles. The Morgan fingerprint density at radius 1 is 1.03 bits per heavy atom. The van der Waals surface area contributed by atoms with Crippen LogP contribution in [0.25, 0.3) is 16.5 Å². The standard InChI is InChI=1S/C43H44F7N9O3/c1-22-15-26(9-10-41(2,3)62)51-35(33(22)27-7-6-8-28-36(27)57(5)55-39(28)53-40(61)58-13-11-56(4)12-14-58)31(18-23-16-24(44)19-25(45)17-23)52-32(60)21-59-38-34(37(54-59)43(48,49)50)29-20-30(29)42(38,46)47/h6-8,16-17,19,22,29-31,62H,11-15,18,20-21H2,1-5H3,(H,52,60)(H,53,55,61)/t22?,29-,30+,31-/m0/s1. The number of fused-ring (bicyclic) bond motifs is 4. The number of allylic oxidation sites excluding steroid dienone is 1. The molecule has 12 nitrogen and oxygen atoms in total. The van der Waals surface area contributed by atoms with Crippen LogP contribution in [0.5, 0.6) is 0 Å². The molecule has 1 unspecified atom stereocenters. The van der Waals surface area contributed by atoms with Gasteiger partial charge in [-0.1, -0.05) is 25.0 Å². The maximum atomic E-state index is 15.5. The van der Waals surface area contributed by atoms with Crippen molar-refractivity contribution >= 4 is 39.9 Å². The van der Waals surface area contributed by atoms with Crippen molar-refractivity contribution in [3.8, 4) is 11.8 Å². The van der Waals surface area contributed by atoms with Crippen molar-refractivity contribution in [1.82, 2.24) is 34.7 Å². The Balaban J connectivity index is 1.25. The Hall–Kier alpha value is -5.74. The molecule has 2 aliphatic heterocycles. The first kappa shape index (κ1) is 42.9. The number of aliphatic imine (C=N–C) groups is 1. The number of nitrogens with one attached hydrogen (secondary N) is 2. The fraction of sp³-hybridized carbons (Fsp3) is 0.465. The molecule has 4 atom stereocenters. The van der Waals surface area contributed by atoms with Crippen LogP contribution in [-0.4, -0.2) is 97.0 Å². The molecule has 1 saturated heterocycles. The number of anilines is 1. The number of hydrogen-bond donors (Lipinski definition) is 3. The molecule has 19 heteroatoms. The molecule has 2 aliphatic carbocycles. The topological polar surface area (TPSA) is 133 Å². The summed E-state index contributed by atoms with van der Waals surface area (Å²) in [6.07, 6.45) is -5.28. The number of aromatic nitrogens is 4. The normalized spacial score (nSPS) is 21.5. The molecule has 3 amide bonds. The number of carbonyl (C=O) groups is 2. The number of rotatable bonds is 8. The van der Waals surface area contributed by atoms with E-state index in [-0.39, 0.29) is 48.1 Å². The minimum Gasteiger partial charge on any atom is -0.378 e. The van der Waals surface area contributed by atoms with Crippen molar-refractivity contribution in [2.75, 3.05) is 38.5 Å². The smallest absolute Gasteiger partial charge is 0.378 e.